The molecule has 0 aliphatic carbocycles. The first-order chi connectivity index (χ1) is 10.3. The van der Waals surface area contributed by atoms with Crippen molar-refractivity contribution in [2.24, 2.45) is 5.41 Å². The number of nitrogens with one attached hydrogen (secondary N) is 1. The van der Waals surface area contributed by atoms with Gasteiger partial charge in [0.05, 0.1) is 5.41 Å². The summed E-state index contributed by atoms with van der Waals surface area (Å²) in [4.78, 5) is 23.4. The zero-order valence-electron chi connectivity index (χ0n) is 13.1. The number of carboxylic acids is 1. The van der Waals surface area contributed by atoms with Gasteiger partial charge in [-0.05, 0) is 44.0 Å². The average Bonchev–Trinajstić information content (AvgIpc) is 2.50. The van der Waals surface area contributed by atoms with E-state index in [-0.39, 0.29) is 12.4 Å². The first-order valence-corrected chi connectivity index (χ1v) is 7.28. The molecule has 0 fully saturated rings. The Hall–Kier alpha value is -2.11. The van der Waals surface area contributed by atoms with Crippen molar-refractivity contribution in [3.8, 4) is 5.75 Å². The molecule has 22 heavy (non-hydrogen) atoms. The Morgan fingerprint density at radius 2 is 1.82 bits per heavy atom. The molecule has 1 rings (SSSR count). The second kappa shape index (κ2) is 7.77. The van der Waals surface area contributed by atoms with E-state index in [1.165, 1.54) is 24.3 Å². The monoisotopic (exact) mass is 311 g/mol. The molecule has 5 nitrogen and oxygen atoms in total. The molecule has 0 heterocycles. The Balaban J connectivity index is 2.60. The lowest BCUT2D eigenvalue weighted by atomic mass is 9.82. The number of aliphatic carboxylic acids is 1. The molecule has 0 saturated carbocycles. The summed E-state index contributed by atoms with van der Waals surface area (Å²) < 4.78 is 18.2. The maximum absolute atomic E-state index is 12.8. The molecule has 122 valence electrons. The average molecular weight is 311 g/mol. The predicted octanol–water partition coefficient (Wildman–Crippen LogP) is 2.60. The summed E-state index contributed by atoms with van der Waals surface area (Å²) in [6, 6.07) is 5.34. The summed E-state index contributed by atoms with van der Waals surface area (Å²) in [5, 5.41) is 11.9. The lowest BCUT2D eigenvalue weighted by molar-refractivity contribution is -0.149. The molecule has 0 saturated heterocycles. The first kappa shape index (κ1) is 17.9. The summed E-state index contributed by atoms with van der Waals surface area (Å²) in [6.07, 6.45) is 0.0456. The van der Waals surface area contributed by atoms with Crippen molar-refractivity contribution < 1.29 is 23.8 Å². The molecule has 0 radical (unpaired) electrons. The number of carbonyl (C=O) groups is 2. The molecule has 1 amide bonds. The largest absolute Gasteiger partial charge is 0.481 e. The van der Waals surface area contributed by atoms with E-state index in [9.17, 15) is 19.1 Å². The highest BCUT2D eigenvalue weighted by Gasteiger charge is 2.35. The molecule has 1 atom stereocenters. The van der Waals surface area contributed by atoms with Crippen LogP contribution in [0.15, 0.2) is 24.3 Å². The molecule has 1 aromatic carbocycles. The maximum Gasteiger partial charge on any atom is 0.311 e. The minimum atomic E-state index is -0.967. The topological polar surface area (TPSA) is 75.6 Å². The van der Waals surface area contributed by atoms with E-state index in [2.05, 4.69) is 5.32 Å². The Morgan fingerprint density at radius 3 is 2.27 bits per heavy atom. The van der Waals surface area contributed by atoms with Crippen molar-refractivity contribution in [1.82, 2.24) is 5.32 Å². The van der Waals surface area contributed by atoms with Crippen LogP contribution in [0.1, 0.15) is 33.6 Å². The van der Waals surface area contributed by atoms with Gasteiger partial charge in [0.2, 0.25) is 0 Å². The summed E-state index contributed by atoms with van der Waals surface area (Å²) in [6.45, 7) is 5.16. The van der Waals surface area contributed by atoms with Gasteiger partial charge in [-0.1, -0.05) is 13.8 Å². The van der Waals surface area contributed by atoms with Gasteiger partial charge >= 0.3 is 5.97 Å². The Labute approximate surface area is 129 Å². The highest BCUT2D eigenvalue weighted by atomic mass is 19.1. The van der Waals surface area contributed by atoms with E-state index in [1.807, 2.05) is 0 Å². The molecule has 0 aromatic heterocycles. The number of ether oxygens (including phenoxy) is 1. The van der Waals surface area contributed by atoms with Gasteiger partial charge < -0.3 is 15.2 Å². The van der Waals surface area contributed by atoms with Crippen LogP contribution in [0.2, 0.25) is 0 Å². The van der Waals surface area contributed by atoms with Crippen molar-refractivity contribution in [3.05, 3.63) is 30.1 Å². The summed E-state index contributed by atoms with van der Waals surface area (Å²) >= 11 is 0. The van der Waals surface area contributed by atoms with Crippen LogP contribution in [0.5, 0.6) is 5.75 Å². The zero-order chi connectivity index (χ0) is 16.8. The van der Waals surface area contributed by atoms with Gasteiger partial charge in [0, 0.05) is 6.54 Å². The van der Waals surface area contributed by atoms with E-state index < -0.39 is 23.4 Å². The van der Waals surface area contributed by atoms with Crippen LogP contribution in [0, 0.1) is 11.2 Å². The zero-order valence-corrected chi connectivity index (χ0v) is 13.1. The van der Waals surface area contributed by atoms with Gasteiger partial charge in [0.1, 0.15) is 11.6 Å². The molecule has 0 aliphatic heterocycles. The van der Waals surface area contributed by atoms with E-state index in [1.54, 1.807) is 20.8 Å². The van der Waals surface area contributed by atoms with Crippen molar-refractivity contribution in [1.29, 1.82) is 0 Å². The van der Waals surface area contributed by atoms with Crippen LogP contribution < -0.4 is 10.1 Å². The van der Waals surface area contributed by atoms with Crippen LogP contribution in [0.4, 0.5) is 4.39 Å². The van der Waals surface area contributed by atoms with Crippen LogP contribution in [-0.2, 0) is 9.59 Å². The molecule has 0 spiro atoms. The number of halogens is 1. The fourth-order valence-electron chi connectivity index (χ4n) is 2.05. The Bertz CT molecular complexity index is 511. The van der Waals surface area contributed by atoms with E-state index >= 15 is 0 Å². The number of hydrogen-bond donors (Lipinski definition) is 2. The number of benzene rings is 1. The number of amides is 1. The van der Waals surface area contributed by atoms with Gasteiger partial charge in [0.25, 0.3) is 5.91 Å². The molecule has 1 aromatic rings. The SMILES string of the molecule is CCC(CC)(CNC(=O)C(C)Oc1ccc(F)cc1)C(=O)O. The van der Waals surface area contributed by atoms with Crippen LogP contribution >= 0.6 is 0 Å². The third-order valence-corrected chi connectivity index (χ3v) is 3.90. The van der Waals surface area contributed by atoms with E-state index in [4.69, 9.17) is 4.74 Å². The Kier molecular flexibility index (Phi) is 6.34. The second-order valence-electron chi connectivity index (χ2n) is 5.22. The van der Waals surface area contributed by atoms with Gasteiger partial charge in [-0.15, -0.1) is 0 Å². The summed E-state index contributed by atoms with van der Waals surface area (Å²) in [5.41, 5.74) is -0.967. The van der Waals surface area contributed by atoms with Crippen molar-refractivity contribution in [2.45, 2.75) is 39.7 Å². The van der Waals surface area contributed by atoms with Crippen molar-refractivity contribution in [2.75, 3.05) is 6.54 Å². The third-order valence-electron chi connectivity index (χ3n) is 3.90. The normalized spacial score (nSPS) is 12.5. The third kappa shape index (κ3) is 4.44. The predicted molar refractivity (Wildman–Crippen MR) is 80.2 cm³/mol. The molecule has 0 aliphatic rings. The molecular weight excluding hydrogens is 289 g/mol. The first-order valence-electron chi connectivity index (χ1n) is 7.28. The summed E-state index contributed by atoms with van der Waals surface area (Å²) in [7, 11) is 0. The fraction of sp³-hybridized carbons (Fsp3) is 0.500. The molecule has 2 N–H and O–H groups in total. The highest BCUT2D eigenvalue weighted by molar-refractivity contribution is 5.82. The van der Waals surface area contributed by atoms with Gasteiger partial charge in [-0.2, -0.15) is 0 Å². The molecule has 1 unspecified atom stereocenters. The second-order valence-corrected chi connectivity index (χ2v) is 5.22. The van der Waals surface area contributed by atoms with Gasteiger partial charge in [0.15, 0.2) is 6.10 Å². The van der Waals surface area contributed by atoms with E-state index in [0.717, 1.165) is 0 Å². The fourth-order valence-corrected chi connectivity index (χ4v) is 2.05. The van der Waals surface area contributed by atoms with Crippen LogP contribution in [0.25, 0.3) is 0 Å². The maximum atomic E-state index is 12.8. The standard InChI is InChI=1S/C16H22FNO4/c1-4-16(5-2,15(20)21)10-18-14(19)11(3)22-13-8-6-12(17)7-9-13/h6-9,11H,4-5,10H2,1-3H3,(H,18,19)(H,20,21). The quantitative estimate of drug-likeness (QED) is 0.774. The van der Waals surface area contributed by atoms with E-state index in [0.29, 0.717) is 18.6 Å². The van der Waals surface area contributed by atoms with Crippen LogP contribution in [-0.4, -0.2) is 29.6 Å². The summed E-state index contributed by atoms with van der Waals surface area (Å²) in [5.74, 6) is -1.34. The van der Waals surface area contributed by atoms with Crippen molar-refractivity contribution in [3.63, 3.8) is 0 Å². The lowest BCUT2D eigenvalue weighted by Crippen LogP contribution is -2.46. The van der Waals surface area contributed by atoms with Crippen molar-refractivity contribution >= 4 is 11.9 Å². The highest BCUT2D eigenvalue weighted by Crippen LogP contribution is 2.25. The molecular formula is C16H22FNO4. The Morgan fingerprint density at radius 1 is 1.27 bits per heavy atom. The van der Waals surface area contributed by atoms with Gasteiger partial charge in [-0.3, -0.25) is 9.59 Å². The van der Waals surface area contributed by atoms with Gasteiger partial charge in [-0.25, -0.2) is 4.39 Å². The van der Waals surface area contributed by atoms with Crippen LogP contribution in [0.3, 0.4) is 0 Å². The number of carbonyl (C=O) groups excluding carboxylic acids is 1. The smallest absolute Gasteiger partial charge is 0.311 e. The number of hydrogen-bond acceptors (Lipinski definition) is 3. The molecule has 0 bridgehead atoms. The minimum absolute atomic E-state index is 0.0469. The molecule has 6 heteroatoms. The lowest BCUT2D eigenvalue weighted by Gasteiger charge is -2.27. The number of rotatable bonds is 8. The number of carboxylic acid groups (broad SMARTS) is 1. The minimum Gasteiger partial charge on any atom is -0.481 e.